The normalized spacial score (nSPS) is 20.5. The highest BCUT2D eigenvalue weighted by Gasteiger charge is 2.44. The average molecular weight is 588 g/mol. The van der Waals surface area contributed by atoms with Crippen molar-refractivity contribution in [3.8, 4) is 5.88 Å². The number of nitrogens with one attached hydrogen (secondary N) is 1. The van der Waals surface area contributed by atoms with Gasteiger partial charge in [0, 0.05) is 47.8 Å². The van der Waals surface area contributed by atoms with E-state index in [0.29, 0.717) is 36.4 Å². The fraction of sp³-hybridized carbons (Fsp3) is 0.533. The Balaban J connectivity index is 1.55. The van der Waals surface area contributed by atoms with Gasteiger partial charge in [-0.15, -0.1) is 0 Å². The number of halogens is 2. The van der Waals surface area contributed by atoms with Gasteiger partial charge in [-0.3, -0.25) is 14.4 Å². The summed E-state index contributed by atoms with van der Waals surface area (Å²) in [6.45, 7) is 11.2. The van der Waals surface area contributed by atoms with Gasteiger partial charge in [0.2, 0.25) is 11.8 Å². The van der Waals surface area contributed by atoms with E-state index in [9.17, 15) is 23.2 Å². The summed E-state index contributed by atoms with van der Waals surface area (Å²) in [4.78, 5) is 45.6. The Labute approximate surface area is 240 Å². The number of benzene rings is 1. The van der Waals surface area contributed by atoms with E-state index in [2.05, 4.69) is 10.3 Å². The number of methoxy groups -OCH3 is 1. The number of carbonyl (C=O) groups excluding carboxylic acids is 3. The van der Waals surface area contributed by atoms with Crippen LogP contribution in [0.3, 0.4) is 0 Å². The summed E-state index contributed by atoms with van der Waals surface area (Å²) in [7, 11) is -0.808. The lowest BCUT2D eigenvalue weighted by atomic mass is 9.72. The van der Waals surface area contributed by atoms with Gasteiger partial charge in [0.1, 0.15) is 23.3 Å². The van der Waals surface area contributed by atoms with Crippen molar-refractivity contribution in [2.75, 3.05) is 19.0 Å². The van der Waals surface area contributed by atoms with Gasteiger partial charge >= 0.3 is 5.97 Å². The minimum absolute atomic E-state index is 0.0194. The summed E-state index contributed by atoms with van der Waals surface area (Å²) in [5.41, 5.74) is 0.563. The molecule has 1 saturated carbocycles. The Morgan fingerprint density at radius 2 is 1.73 bits per heavy atom. The Morgan fingerprint density at radius 1 is 1.10 bits per heavy atom. The maximum absolute atomic E-state index is 14.9. The summed E-state index contributed by atoms with van der Waals surface area (Å²) >= 11 is 0. The van der Waals surface area contributed by atoms with Crippen LogP contribution in [0.5, 0.6) is 5.88 Å². The summed E-state index contributed by atoms with van der Waals surface area (Å²) < 4.78 is 40.5. The minimum atomic E-state index is -2.30. The molecule has 222 valence electrons. The number of ether oxygens (including phenoxy) is 2. The van der Waals surface area contributed by atoms with Crippen LogP contribution in [0.25, 0.3) is 0 Å². The molecule has 2 heterocycles. The SMILES string of the molecule is COc1ccc2c(n1)CCN(C(=O)C1CC(CC(=O)OC(C)(C)C)C1)C2C(=O)Nc1cc(F)c([Si](C)(C)C)c(F)c1. The molecule has 1 atom stereocenters. The molecule has 1 aromatic heterocycles. The fourth-order valence-electron chi connectivity index (χ4n) is 5.63. The van der Waals surface area contributed by atoms with Crippen LogP contribution >= 0.6 is 0 Å². The molecular weight excluding hydrogens is 548 g/mol. The highest BCUT2D eigenvalue weighted by atomic mass is 28.3. The van der Waals surface area contributed by atoms with Crippen molar-refractivity contribution in [2.45, 2.75) is 77.7 Å². The fourth-order valence-corrected chi connectivity index (χ4v) is 7.21. The zero-order chi connectivity index (χ0) is 30.3. The van der Waals surface area contributed by atoms with Gasteiger partial charge in [-0.25, -0.2) is 13.8 Å². The van der Waals surface area contributed by atoms with Crippen molar-refractivity contribution in [2.24, 2.45) is 11.8 Å². The number of hydrogen-bond donors (Lipinski definition) is 1. The van der Waals surface area contributed by atoms with Crippen LogP contribution in [-0.2, 0) is 25.5 Å². The first-order chi connectivity index (χ1) is 19.1. The Morgan fingerprint density at radius 3 is 2.29 bits per heavy atom. The summed E-state index contributed by atoms with van der Waals surface area (Å²) in [5.74, 6) is -2.40. The summed E-state index contributed by atoms with van der Waals surface area (Å²) in [6.07, 6.45) is 1.70. The van der Waals surface area contributed by atoms with Gasteiger partial charge in [0.05, 0.1) is 20.9 Å². The van der Waals surface area contributed by atoms with Crippen molar-refractivity contribution in [3.05, 3.63) is 47.2 Å². The molecule has 1 unspecified atom stereocenters. The number of pyridine rings is 1. The van der Waals surface area contributed by atoms with Crippen LogP contribution in [0.2, 0.25) is 19.6 Å². The molecule has 2 amide bonds. The van der Waals surface area contributed by atoms with E-state index >= 15 is 0 Å². The van der Waals surface area contributed by atoms with Crippen molar-refractivity contribution in [1.82, 2.24) is 9.88 Å². The van der Waals surface area contributed by atoms with Crippen LogP contribution in [0.1, 0.15) is 57.3 Å². The molecule has 0 saturated heterocycles. The predicted molar refractivity (Wildman–Crippen MR) is 154 cm³/mol. The van der Waals surface area contributed by atoms with Gasteiger partial charge in [-0.1, -0.05) is 19.6 Å². The van der Waals surface area contributed by atoms with Crippen molar-refractivity contribution < 1.29 is 32.6 Å². The summed E-state index contributed by atoms with van der Waals surface area (Å²) in [5, 5.41) is 2.71. The Kier molecular flexibility index (Phi) is 8.59. The van der Waals surface area contributed by atoms with E-state index in [1.54, 1.807) is 12.1 Å². The minimum Gasteiger partial charge on any atom is -0.481 e. The van der Waals surface area contributed by atoms with E-state index < -0.39 is 37.3 Å². The zero-order valence-electron chi connectivity index (χ0n) is 24.8. The molecule has 1 N–H and O–H groups in total. The molecule has 11 heteroatoms. The molecule has 0 radical (unpaired) electrons. The topological polar surface area (TPSA) is 97.8 Å². The number of amides is 2. The lowest BCUT2D eigenvalue weighted by Gasteiger charge is -2.42. The monoisotopic (exact) mass is 587 g/mol. The second-order valence-electron chi connectivity index (χ2n) is 13.0. The molecule has 41 heavy (non-hydrogen) atoms. The van der Waals surface area contributed by atoms with E-state index in [4.69, 9.17) is 9.47 Å². The average Bonchev–Trinajstić information content (AvgIpc) is 2.81. The highest BCUT2D eigenvalue weighted by Crippen LogP contribution is 2.41. The molecule has 1 aromatic carbocycles. The van der Waals surface area contributed by atoms with Crippen LogP contribution in [0, 0.1) is 23.5 Å². The maximum Gasteiger partial charge on any atom is 0.306 e. The quantitative estimate of drug-likeness (QED) is 0.372. The van der Waals surface area contributed by atoms with E-state index in [-0.39, 0.29) is 47.6 Å². The lowest BCUT2D eigenvalue weighted by Crippen LogP contribution is -2.50. The molecule has 2 aliphatic rings. The number of aromatic nitrogens is 1. The van der Waals surface area contributed by atoms with Gasteiger partial charge in [-0.2, -0.15) is 0 Å². The van der Waals surface area contributed by atoms with Gasteiger partial charge < -0.3 is 19.7 Å². The largest absolute Gasteiger partial charge is 0.481 e. The number of esters is 1. The lowest BCUT2D eigenvalue weighted by molar-refractivity contribution is -0.159. The van der Waals surface area contributed by atoms with Crippen molar-refractivity contribution >= 4 is 36.7 Å². The van der Waals surface area contributed by atoms with Gasteiger partial charge in [0.25, 0.3) is 5.91 Å². The molecule has 1 aliphatic carbocycles. The molecule has 2 aromatic rings. The molecule has 1 aliphatic heterocycles. The molecule has 1 fully saturated rings. The molecule has 8 nitrogen and oxygen atoms in total. The van der Waals surface area contributed by atoms with Crippen LogP contribution in [0.4, 0.5) is 14.5 Å². The number of carbonyl (C=O) groups is 3. The zero-order valence-corrected chi connectivity index (χ0v) is 25.8. The number of anilines is 1. The van der Waals surface area contributed by atoms with Crippen LogP contribution in [-0.4, -0.2) is 55.0 Å². The second-order valence-corrected chi connectivity index (χ2v) is 18.0. The van der Waals surface area contributed by atoms with Crippen molar-refractivity contribution in [1.29, 1.82) is 0 Å². The molecule has 0 bridgehead atoms. The molecule has 4 rings (SSSR count). The van der Waals surface area contributed by atoms with Crippen LogP contribution in [0.15, 0.2) is 24.3 Å². The number of nitrogens with zero attached hydrogens (tertiary/aromatic N) is 2. The van der Waals surface area contributed by atoms with Gasteiger partial charge in [0.15, 0.2) is 0 Å². The van der Waals surface area contributed by atoms with Crippen LogP contribution < -0.4 is 15.2 Å². The number of hydrogen-bond acceptors (Lipinski definition) is 6. The van der Waals surface area contributed by atoms with Crippen molar-refractivity contribution in [3.63, 3.8) is 0 Å². The second kappa shape index (κ2) is 11.5. The number of fused-ring (bicyclic) bond motifs is 1. The third-order valence-electron chi connectivity index (χ3n) is 7.44. The Hall–Kier alpha value is -3.34. The smallest absolute Gasteiger partial charge is 0.306 e. The highest BCUT2D eigenvalue weighted by molar-refractivity contribution is 6.88. The summed E-state index contributed by atoms with van der Waals surface area (Å²) in [6, 6.07) is 4.53. The maximum atomic E-state index is 14.9. The third kappa shape index (κ3) is 6.94. The van der Waals surface area contributed by atoms with Gasteiger partial charge in [-0.05, 0) is 57.7 Å². The standard InChI is InChI=1S/C30H39F2N3O5Si/c1-30(2,3)40-25(36)14-17-12-18(13-17)29(38)35-11-10-23-20(8-9-24(34-23)39-4)26(35)28(37)33-19-15-21(31)27(22(32)16-19)41(5,6)7/h8-9,15-18,26H,10-14H2,1-7H3,(H,33,37). The first-order valence-corrected chi connectivity index (χ1v) is 17.4. The number of rotatable bonds is 7. The first kappa shape index (κ1) is 30.6. The van der Waals surface area contributed by atoms with E-state index in [1.807, 2.05) is 40.4 Å². The molecular formula is C30H39F2N3O5Si. The molecule has 0 spiro atoms. The van der Waals surface area contributed by atoms with E-state index in [1.165, 1.54) is 12.0 Å². The predicted octanol–water partition coefficient (Wildman–Crippen LogP) is 4.74. The Bertz CT molecular complexity index is 1330. The van der Waals surface area contributed by atoms with E-state index in [0.717, 1.165) is 12.1 Å². The third-order valence-corrected chi connectivity index (χ3v) is 9.42. The first-order valence-electron chi connectivity index (χ1n) is 13.9.